The number of ether oxygens (including phenoxy) is 1. The molecular formula is C19H22N2O3. The van der Waals surface area contributed by atoms with E-state index in [2.05, 4.69) is 10.6 Å². The van der Waals surface area contributed by atoms with E-state index >= 15 is 0 Å². The molecule has 2 N–H and O–H groups in total. The van der Waals surface area contributed by atoms with Crippen LogP contribution >= 0.6 is 0 Å². The topological polar surface area (TPSA) is 67.4 Å². The molecule has 24 heavy (non-hydrogen) atoms. The second-order valence-electron chi connectivity index (χ2n) is 5.52. The Morgan fingerprint density at radius 3 is 2.42 bits per heavy atom. The summed E-state index contributed by atoms with van der Waals surface area (Å²) in [4.78, 5) is 24.6. The molecule has 1 atom stereocenters. The van der Waals surface area contributed by atoms with Crippen LogP contribution in [0.1, 0.15) is 36.2 Å². The fourth-order valence-electron chi connectivity index (χ4n) is 2.19. The van der Waals surface area contributed by atoms with E-state index in [1.165, 1.54) is 7.11 Å². The summed E-state index contributed by atoms with van der Waals surface area (Å²) < 4.78 is 5.26. The van der Waals surface area contributed by atoms with Crippen molar-refractivity contribution in [3.05, 3.63) is 59.7 Å². The van der Waals surface area contributed by atoms with Gasteiger partial charge in [0.25, 0.3) is 0 Å². The summed E-state index contributed by atoms with van der Waals surface area (Å²) in [5.41, 5.74) is 1.54. The Labute approximate surface area is 142 Å². The first kappa shape index (κ1) is 17.5. The fraction of sp³-hybridized carbons (Fsp3) is 0.263. The van der Waals surface area contributed by atoms with Crippen molar-refractivity contribution in [1.29, 1.82) is 0 Å². The summed E-state index contributed by atoms with van der Waals surface area (Å²) in [6.45, 7) is 3.91. The van der Waals surface area contributed by atoms with E-state index in [9.17, 15) is 9.59 Å². The van der Waals surface area contributed by atoms with Gasteiger partial charge in [-0.2, -0.15) is 0 Å². The maximum Gasteiger partial charge on any atom is 0.319 e. The normalized spacial score (nSPS) is 11.5. The van der Waals surface area contributed by atoms with Crippen LogP contribution in [0.2, 0.25) is 0 Å². The number of urea groups is 1. The summed E-state index contributed by atoms with van der Waals surface area (Å²) in [5, 5.41) is 5.57. The van der Waals surface area contributed by atoms with Crippen molar-refractivity contribution in [1.82, 2.24) is 5.32 Å². The van der Waals surface area contributed by atoms with Gasteiger partial charge in [0.15, 0.2) is 5.78 Å². The van der Waals surface area contributed by atoms with Crippen LogP contribution in [0.3, 0.4) is 0 Å². The number of anilines is 1. The summed E-state index contributed by atoms with van der Waals surface area (Å²) in [5.74, 6) is 0.391. The van der Waals surface area contributed by atoms with E-state index < -0.39 is 0 Å². The molecule has 0 radical (unpaired) electrons. The van der Waals surface area contributed by atoms with Crippen molar-refractivity contribution < 1.29 is 14.3 Å². The van der Waals surface area contributed by atoms with Gasteiger partial charge in [-0.1, -0.05) is 37.3 Å². The Hall–Kier alpha value is -2.82. The summed E-state index contributed by atoms with van der Waals surface area (Å²) in [6, 6.07) is 13.7. The first-order valence-corrected chi connectivity index (χ1v) is 7.90. The van der Waals surface area contributed by atoms with Gasteiger partial charge in [-0.15, -0.1) is 0 Å². The first-order valence-electron chi connectivity index (χ1n) is 7.90. The second kappa shape index (κ2) is 8.15. The van der Waals surface area contributed by atoms with Gasteiger partial charge in [0.2, 0.25) is 0 Å². The van der Waals surface area contributed by atoms with Gasteiger partial charge in [-0.05, 0) is 31.5 Å². The van der Waals surface area contributed by atoms with Crippen molar-refractivity contribution in [3.63, 3.8) is 0 Å². The summed E-state index contributed by atoms with van der Waals surface area (Å²) in [7, 11) is 1.52. The minimum absolute atomic E-state index is 0.0603. The number of carbonyl (C=O) groups is 2. The minimum atomic E-state index is -0.327. The average Bonchev–Trinajstić information content (AvgIpc) is 2.61. The van der Waals surface area contributed by atoms with Crippen LogP contribution in [0, 0.1) is 0 Å². The number of methoxy groups -OCH3 is 1. The molecule has 0 aliphatic heterocycles. The fourth-order valence-corrected chi connectivity index (χ4v) is 2.19. The lowest BCUT2D eigenvalue weighted by Gasteiger charge is -2.15. The molecule has 126 valence electrons. The molecule has 0 aliphatic carbocycles. The SMILES string of the molecule is CCC(C)NC(=O)Nc1cc(C(=O)c2ccccc2)ccc1OC. The molecule has 0 aromatic heterocycles. The number of carbonyl (C=O) groups excluding carboxylic acids is 2. The molecule has 0 fully saturated rings. The number of hydrogen-bond acceptors (Lipinski definition) is 3. The van der Waals surface area contributed by atoms with E-state index in [4.69, 9.17) is 4.74 Å². The van der Waals surface area contributed by atoms with Crippen molar-refractivity contribution in [2.24, 2.45) is 0 Å². The van der Waals surface area contributed by atoms with Crippen molar-refractivity contribution in [3.8, 4) is 5.75 Å². The van der Waals surface area contributed by atoms with Crippen LogP contribution in [0.5, 0.6) is 5.75 Å². The van der Waals surface area contributed by atoms with Crippen LogP contribution in [-0.4, -0.2) is 25.0 Å². The lowest BCUT2D eigenvalue weighted by molar-refractivity contribution is 0.103. The van der Waals surface area contributed by atoms with E-state index in [1.807, 2.05) is 32.0 Å². The monoisotopic (exact) mass is 326 g/mol. The zero-order chi connectivity index (χ0) is 17.5. The molecule has 2 rings (SSSR count). The number of rotatable bonds is 6. The zero-order valence-corrected chi connectivity index (χ0v) is 14.1. The molecule has 0 saturated carbocycles. The highest BCUT2D eigenvalue weighted by atomic mass is 16.5. The molecule has 1 unspecified atom stereocenters. The Morgan fingerprint density at radius 2 is 1.79 bits per heavy atom. The highest BCUT2D eigenvalue weighted by Gasteiger charge is 2.14. The van der Waals surface area contributed by atoms with Gasteiger partial charge < -0.3 is 15.4 Å². The van der Waals surface area contributed by atoms with Gasteiger partial charge in [0.1, 0.15) is 5.75 Å². The number of nitrogens with one attached hydrogen (secondary N) is 2. The first-order chi connectivity index (χ1) is 11.5. The standard InChI is InChI=1S/C19H22N2O3/c1-4-13(2)20-19(23)21-16-12-15(10-11-17(16)24-3)18(22)14-8-6-5-7-9-14/h5-13H,4H2,1-3H3,(H2,20,21,23). The Kier molecular flexibility index (Phi) is 5.95. The Bertz CT molecular complexity index is 714. The molecule has 2 amide bonds. The highest BCUT2D eigenvalue weighted by molar-refractivity contribution is 6.10. The molecule has 0 saturated heterocycles. The van der Waals surface area contributed by atoms with Crippen LogP contribution in [0.25, 0.3) is 0 Å². The van der Waals surface area contributed by atoms with Crippen LogP contribution in [-0.2, 0) is 0 Å². The predicted octanol–water partition coefficient (Wildman–Crippen LogP) is 3.85. The Balaban J connectivity index is 2.24. The predicted molar refractivity (Wildman–Crippen MR) is 94.8 cm³/mol. The number of benzene rings is 2. The zero-order valence-electron chi connectivity index (χ0n) is 14.1. The van der Waals surface area contributed by atoms with E-state index in [-0.39, 0.29) is 17.9 Å². The van der Waals surface area contributed by atoms with Crippen molar-refractivity contribution in [2.75, 3.05) is 12.4 Å². The third-order valence-electron chi connectivity index (χ3n) is 3.74. The van der Waals surface area contributed by atoms with E-state index in [1.54, 1.807) is 30.3 Å². The van der Waals surface area contributed by atoms with Gasteiger partial charge in [0, 0.05) is 17.2 Å². The van der Waals surface area contributed by atoms with Gasteiger partial charge in [-0.3, -0.25) is 4.79 Å². The summed E-state index contributed by atoms with van der Waals surface area (Å²) >= 11 is 0. The molecule has 0 spiro atoms. The van der Waals surface area contributed by atoms with Crippen LogP contribution in [0.4, 0.5) is 10.5 Å². The Morgan fingerprint density at radius 1 is 1.08 bits per heavy atom. The second-order valence-corrected chi connectivity index (χ2v) is 5.52. The maximum absolute atomic E-state index is 12.5. The molecule has 0 aliphatic rings. The molecular weight excluding hydrogens is 304 g/mol. The molecule has 2 aromatic carbocycles. The molecule has 0 heterocycles. The maximum atomic E-state index is 12.5. The molecule has 0 bridgehead atoms. The number of hydrogen-bond donors (Lipinski definition) is 2. The lowest BCUT2D eigenvalue weighted by atomic mass is 10.0. The third-order valence-corrected chi connectivity index (χ3v) is 3.74. The van der Waals surface area contributed by atoms with Crippen molar-refractivity contribution in [2.45, 2.75) is 26.3 Å². The third kappa shape index (κ3) is 4.35. The minimum Gasteiger partial charge on any atom is -0.495 e. The summed E-state index contributed by atoms with van der Waals surface area (Å²) in [6.07, 6.45) is 0.830. The molecule has 5 nitrogen and oxygen atoms in total. The lowest BCUT2D eigenvalue weighted by Crippen LogP contribution is -2.35. The smallest absolute Gasteiger partial charge is 0.319 e. The molecule has 2 aromatic rings. The number of ketones is 1. The van der Waals surface area contributed by atoms with Crippen LogP contribution in [0.15, 0.2) is 48.5 Å². The van der Waals surface area contributed by atoms with Gasteiger partial charge >= 0.3 is 6.03 Å². The highest BCUT2D eigenvalue weighted by Crippen LogP contribution is 2.26. The molecule has 5 heteroatoms. The van der Waals surface area contributed by atoms with E-state index in [0.717, 1.165) is 6.42 Å². The number of amides is 2. The largest absolute Gasteiger partial charge is 0.495 e. The van der Waals surface area contributed by atoms with E-state index in [0.29, 0.717) is 22.6 Å². The average molecular weight is 326 g/mol. The quantitative estimate of drug-likeness (QED) is 0.792. The van der Waals surface area contributed by atoms with Crippen molar-refractivity contribution >= 4 is 17.5 Å². The van der Waals surface area contributed by atoms with Gasteiger partial charge in [-0.25, -0.2) is 4.79 Å². The van der Waals surface area contributed by atoms with Gasteiger partial charge in [0.05, 0.1) is 12.8 Å². The van der Waals surface area contributed by atoms with Crippen LogP contribution < -0.4 is 15.4 Å².